The molecule has 3 aromatic rings. The number of rotatable bonds is 11. The number of carbonyl (C=O) groups is 5. The highest BCUT2D eigenvalue weighted by Gasteiger charge is 2.41. The van der Waals surface area contributed by atoms with Gasteiger partial charge in [-0.15, -0.1) is 0 Å². The normalized spacial score (nSPS) is 11.8. The molecule has 0 saturated heterocycles. The summed E-state index contributed by atoms with van der Waals surface area (Å²) in [7, 11) is 3.93. The van der Waals surface area contributed by atoms with Crippen LogP contribution in [0.5, 0.6) is 11.5 Å². The van der Waals surface area contributed by atoms with Gasteiger partial charge in [0, 0.05) is 5.69 Å². The van der Waals surface area contributed by atoms with E-state index in [0.717, 1.165) is 0 Å². The van der Waals surface area contributed by atoms with Crippen molar-refractivity contribution in [1.82, 2.24) is 0 Å². The molecule has 0 unspecified atom stereocenters. The van der Waals surface area contributed by atoms with Gasteiger partial charge in [-0.25, -0.2) is 19.2 Å². The van der Waals surface area contributed by atoms with E-state index in [2.05, 4.69) is 10.1 Å². The van der Waals surface area contributed by atoms with Crippen LogP contribution in [-0.4, -0.2) is 68.4 Å². The number of anilines is 1. The topological polar surface area (TPSA) is 164 Å². The Kier molecular flexibility index (Phi) is 9.79. The highest BCUT2D eigenvalue weighted by Crippen LogP contribution is 2.20. The van der Waals surface area contributed by atoms with Gasteiger partial charge in [-0.1, -0.05) is 18.2 Å². The summed E-state index contributed by atoms with van der Waals surface area (Å²) >= 11 is 0. The smallest absolute Gasteiger partial charge is 0.349 e. The third-order valence-corrected chi connectivity index (χ3v) is 5.41. The van der Waals surface area contributed by atoms with Crippen molar-refractivity contribution < 1.29 is 52.8 Å². The van der Waals surface area contributed by atoms with Crippen molar-refractivity contribution in [2.24, 2.45) is 0 Å². The zero-order chi connectivity index (χ0) is 29.2. The highest BCUT2D eigenvalue weighted by atomic mass is 16.6. The first-order chi connectivity index (χ1) is 19.2. The Balaban J connectivity index is 1.95. The molecule has 0 fully saturated rings. The summed E-state index contributed by atoms with van der Waals surface area (Å²) in [5.74, 6) is -5.21. The van der Waals surface area contributed by atoms with E-state index in [-0.39, 0.29) is 22.4 Å². The van der Waals surface area contributed by atoms with E-state index in [1.807, 2.05) is 0 Å². The lowest BCUT2D eigenvalue weighted by atomic mass is 10.1. The molecule has 40 heavy (non-hydrogen) atoms. The van der Waals surface area contributed by atoms with Crippen LogP contribution in [0, 0.1) is 0 Å². The van der Waals surface area contributed by atoms with E-state index in [9.17, 15) is 29.1 Å². The third kappa shape index (κ3) is 7.34. The van der Waals surface area contributed by atoms with Gasteiger partial charge in [-0.2, -0.15) is 0 Å². The molecular formula is C28H25NO11. The summed E-state index contributed by atoms with van der Waals surface area (Å²) in [6.07, 6.45) is -4.43. The van der Waals surface area contributed by atoms with Crippen LogP contribution in [0.4, 0.5) is 5.69 Å². The molecule has 208 valence electrons. The first-order valence-corrected chi connectivity index (χ1v) is 11.6. The molecule has 0 heterocycles. The molecule has 0 saturated carbocycles. The Labute approximate surface area is 228 Å². The van der Waals surface area contributed by atoms with Gasteiger partial charge >= 0.3 is 23.9 Å². The Bertz CT molecular complexity index is 1420. The van der Waals surface area contributed by atoms with Crippen molar-refractivity contribution >= 4 is 35.5 Å². The monoisotopic (exact) mass is 551 g/mol. The summed E-state index contributed by atoms with van der Waals surface area (Å²) in [5.41, 5.74) is 0.00538. The van der Waals surface area contributed by atoms with Crippen LogP contribution in [0.1, 0.15) is 31.1 Å². The second-order valence-corrected chi connectivity index (χ2v) is 8.02. The maximum absolute atomic E-state index is 13.3. The number of ether oxygens (including phenoxy) is 5. The molecule has 1 amide bonds. The predicted molar refractivity (Wildman–Crippen MR) is 138 cm³/mol. The van der Waals surface area contributed by atoms with Crippen LogP contribution >= 0.6 is 0 Å². The lowest BCUT2D eigenvalue weighted by molar-refractivity contribution is -0.157. The molecule has 0 spiro atoms. The molecule has 3 rings (SSSR count). The van der Waals surface area contributed by atoms with Crippen molar-refractivity contribution in [2.45, 2.75) is 12.2 Å². The fourth-order valence-corrected chi connectivity index (χ4v) is 3.42. The van der Waals surface area contributed by atoms with Crippen molar-refractivity contribution in [3.8, 4) is 11.5 Å². The Morgan fingerprint density at radius 1 is 0.650 bits per heavy atom. The fourth-order valence-electron chi connectivity index (χ4n) is 3.42. The summed E-state index contributed by atoms with van der Waals surface area (Å²) in [5, 5.41) is 12.3. The van der Waals surface area contributed by atoms with Crippen LogP contribution in [0.3, 0.4) is 0 Å². The second-order valence-electron chi connectivity index (χ2n) is 8.02. The average molecular weight is 552 g/mol. The molecule has 2 N–H and O–H groups in total. The minimum Gasteiger partial charge on any atom is -0.497 e. The number of hydrogen-bond acceptors (Lipinski definition) is 10. The van der Waals surface area contributed by atoms with Gasteiger partial charge in [0.1, 0.15) is 11.5 Å². The quantitative estimate of drug-likeness (QED) is 0.266. The van der Waals surface area contributed by atoms with E-state index in [1.165, 1.54) is 82.0 Å². The first kappa shape index (κ1) is 29.2. The van der Waals surface area contributed by atoms with Gasteiger partial charge in [0.05, 0.1) is 38.0 Å². The van der Waals surface area contributed by atoms with E-state index >= 15 is 0 Å². The van der Waals surface area contributed by atoms with Gasteiger partial charge in [0.2, 0.25) is 12.2 Å². The number of carbonyl (C=O) groups excluding carboxylic acids is 4. The molecule has 0 aliphatic heterocycles. The zero-order valence-electron chi connectivity index (χ0n) is 21.6. The highest BCUT2D eigenvalue weighted by molar-refractivity contribution is 6.02. The van der Waals surface area contributed by atoms with Gasteiger partial charge in [-0.05, 0) is 54.6 Å². The molecule has 2 atom stereocenters. The third-order valence-electron chi connectivity index (χ3n) is 5.41. The predicted octanol–water partition coefficient (Wildman–Crippen LogP) is 2.96. The van der Waals surface area contributed by atoms with Crippen LogP contribution in [0.15, 0.2) is 72.8 Å². The Morgan fingerprint density at radius 2 is 1.12 bits per heavy atom. The molecular weight excluding hydrogens is 526 g/mol. The van der Waals surface area contributed by atoms with Crippen molar-refractivity contribution in [3.05, 3.63) is 89.5 Å². The number of nitrogens with one attached hydrogen (secondary N) is 1. The standard InChI is InChI=1S/C28H25NO11/c1-36-20-11-5-8-17(14-20)27(34)39-22(24(30)29-19-10-4-7-16(13-19)26(33)38-3)23(25(31)32)40-28(35)18-9-6-12-21(15-18)37-2/h4-15,22-23H,1-3H3,(H,29,30)(H,31,32)/t22-,23-/m1/s1. The number of carboxylic acid groups (broad SMARTS) is 1. The van der Waals surface area contributed by atoms with Gasteiger partial charge in [0.25, 0.3) is 5.91 Å². The number of aliphatic carboxylic acids is 1. The summed E-state index contributed by atoms with van der Waals surface area (Å²) < 4.78 is 25.3. The van der Waals surface area contributed by atoms with E-state index in [0.29, 0.717) is 11.5 Å². The Morgan fingerprint density at radius 3 is 1.60 bits per heavy atom. The van der Waals surface area contributed by atoms with Crippen LogP contribution < -0.4 is 14.8 Å². The van der Waals surface area contributed by atoms with E-state index in [1.54, 1.807) is 12.1 Å². The van der Waals surface area contributed by atoms with Crippen molar-refractivity contribution in [2.75, 3.05) is 26.6 Å². The fraction of sp³-hybridized carbons (Fsp3) is 0.179. The zero-order valence-corrected chi connectivity index (χ0v) is 21.6. The Hall–Kier alpha value is -5.39. The number of amides is 1. The summed E-state index contributed by atoms with van der Waals surface area (Å²) in [6.45, 7) is 0. The minimum atomic E-state index is -2.27. The van der Waals surface area contributed by atoms with Crippen molar-refractivity contribution in [1.29, 1.82) is 0 Å². The number of benzene rings is 3. The molecule has 3 aromatic carbocycles. The van der Waals surface area contributed by atoms with E-state index < -0.39 is 42.0 Å². The second kappa shape index (κ2) is 13.4. The number of hydrogen-bond donors (Lipinski definition) is 2. The first-order valence-electron chi connectivity index (χ1n) is 11.6. The average Bonchev–Trinajstić information content (AvgIpc) is 2.98. The molecule has 12 heteroatoms. The maximum Gasteiger partial charge on any atom is 0.349 e. The largest absolute Gasteiger partial charge is 0.497 e. The maximum atomic E-state index is 13.3. The molecule has 0 aromatic heterocycles. The van der Waals surface area contributed by atoms with Crippen molar-refractivity contribution in [3.63, 3.8) is 0 Å². The lowest BCUT2D eigenvalue weighted by Gasteiger charge is -2.23. The van der Waals surface area contributed by atoms with Gasteiger partial charge < -0.3 is 34.1 Å². The van der Waals surface area contributed by atoms with Crippen LogP contribution in [0.2, 0.25) is 0 Å². The SMILES string of the molecule is COC(=O)c1cccc(NC(=O)[C@H](OC(=O)c2cccc(OC)c2)[C@@H](OC(=O)c2cccc(OC)c2)C(=O)O)c1. The molecule has 0 bridgehead atoms. The molecule has 0 radical (unpaired) electrons. The molecule has 12 nitrogen and oxygen atoms in total. The van der Waals surface area contributed by atoms with E-state index in [4.69, 9.17) is 18.9 Å². The van der Waals surface area contributed by atoms with Gasteiger partial charge in [-0.3, -0.25) is 4.79 Å². The molecule has 0 aliphatic carbocycles. The summed E-state index contributed by atoms with van der Waals surface area (Å²) in [4.78, 5) is 63.2. The van der Waals surface area contributed by atoms with Crippen LogP contribution in [0.25, 0.3) is 0 Å². The van der Waals surface area contributed by atoms with Crippen LogP contribution in [-0.2, 0) is 23.8 Å². The minimum absolute atomic E-state index is 0.0543. The summed E-state index contributed by atoms with van der Waals surface area (Å²) in [6, 6.07) is 16.9. The lowest BCUT2D eigenvalue weighted by Crippen LogP contribution is -2.48. The number of esters is 3. The van der Waals surface area contributed by atoms with Gasteiger partial charge in [0.15, 0.2) is 0 Å². The number of methoxy groups -OCH3 is 3. The molecule has 0 aliphatic rings. The number of carboxylic acids is 1.